The van der Waals surface area contributed by atoms with Gasteiger partial charge in [0.2, 0.25) is 0 Å². The predicted molar refractivity (Wildman–Crippen MR) is 162 cm³/mol. The highest BCUT2D eigenvalue weighted by Crippen LogP contribution is 2.31. The molecule has 0 amide bonds. The minimum Gasteiger partial charge on any atom is -0.465 e. The second-order valence-corrected chi connectivity index (χ2v) is 10.8. The lowest BCUT2D eigenvalue weighted by atomic mass is 9.95. The third-order valence-corrected chi connectivity index (χ3v) is 8.19. The largest absolute Gasteiger partial charge is 0.465 e. The molecule has 208 valence electrons. The summed E-state index contributed by atoms with van der Waals surface area (Å²) in [6.07, 6.45) is 1.87. The SMILES string of the molecule is COC(=O)c1ccc(C2C(C(=O)OCc3ccccc3)=C(C)N=c3sc(=Cc4cccc5ccccc45)c(=O)n32)cc1. The lowest BCUT2D eigenvalue weighted by molar-refractivity contribution is -0.140. The van der Waals surface area contributed by atoms with E-state index in [1.807, 2.05) is 78.9 Å². The molecule has 8 heteroatoms. The molecule has 42 heavy (non-hydrogen) atoms. The maximum atomic E-state index is 14.0. The fourth-order valence-corrected chi connectivity index (χ4v) is 6.17. The van der Waals surface area contributed by atoms with Crippen molar-refractivity contribution in [3.05, 3.63) is 150 Å². The van der Waals surface area contributed by atoms with Crippen LogP contribution in [0.1, 0.15) is 40.0 Å². The number of thiazole rings is 1. The standard InChI is InChI=1S/C34H26N2O5S/c1-21-29(33(39)41-20-22-9-4-3-5-10-22)30(24-15-17-25(18-16-24)32(38)40-2)36-31(37)28(42-34(36)35-21)19-26-13-8-12-23-11-6-7-14-27(23)26/h3-19,30H,20H2,1-2H3. The van der Waals surface area contributed by atoms with Crippen molar-refractivity contribution in [2.45, 2.75) is 19.6 Å². The average molecular weight is 575 g/mol. The number of fused-ring (bicyclic) bond motifs is 2. The molecule has 0 fully saturated rings. The number of benzene rings is 4. The van der Waals surface area contributed by atoms with E-state index in [1.54, 1.807) is 35.8 Å². The molecule has 1 atom stereocenters. The first-order chi connectivity index (χ1) is 20.4. The Balaban J connectivity index is 1.48. The van der Waals surface area contributed by atoms with E-state index in [0.29, 0.717) is 26.2 Å². The minimum absolute atomic E-state index is 0.0793. The van der Waals surface area contributed by atoms with Gasteiger partial charge < -0.3 is 9.47 Å². The zero-order valence-corrected chi connectivity index (χ0v) is 23.8. The molecule has 0 radical (unpaired) electrons. The van der Waals surface area contributed by atoms with Gasteiger partial charge in [0.1, 0.15) is 6.61 Å². The van der Waals surface area contributed by atoms with E-state index >= 15 is 0 Å². The summed E-state index contributed by atoms with van der Waals surface area (Å²) < 4.78 is 12.6. The summed E-state index contributed by atoms with van der Waals surface area (Å²) in [5, 5.41) is 2.10. The number of aromatic nitrogens is 1. The molecule has 0 spiro atoms. The van der Waals surface area contributed by atoms with Crippen LogP contribution < -0.4 is 14.9 Å². The molecule has 5 aromatic rings. The molecular weight excluding hydrogens is 548 g/mol. The summed E-state index contributed by atoms with van der Waals surface area (Å²) >= 11 is 1.27. The van der Waals surface area contributed by atoms with E-state index in [0.717, 1.165) is 21.9 Å². The number of nitrogens with zero attached hydrogens (tertiary/aromatic N) is 2. The lowest BCUT2D eigenvalue weighted by Gasteiger charge is -2.25. The maximum Gasteiger partial charge on any atom is 0.338 e. The molecule has 1 aromatic heterocycles. The van der Waals surface area contributed by atoms with Gasteiger partial charge in [0.25, 0.3) is 5.56 Å². The van der Waals surface area contributed by atoms with Crippen LogP contribution in [0.2, 0.25) is 0 Å². The number of esters is 2. The Hall–Kier alpha value is -5.08. The van der Waals surface area contributed by atoms with Gasteiger partial charge in [-0.2, -0.15) is 0 Å². The third-order valence-electron chi connectivity index (χ3n) is 7.21. The summed E-state index contributed by atoms with van der Waals surface area (Å²) in [5.74, 6) is -1.04. The van der Waals surface area contributed by atoms with E-state index in [9.17, 15) is 14.4 Å². The summed E-state index contributed by atoms with van der Waals surface area (Å²) in [7, 11) is 1.32. The molecule has 1 unspecified atom stereocenters. The Morgan fingerprint density at radius 1 is 0.905 bits per heavy atom. The van der Waals surface area contributed by atoms with Gasteiger partial charge in [0.15, 0.2) is 4.80 Å². The normalized spacial score (nSPS) is 14.8. The van der Waals surface area contributed by atoms with Crippen LogP contribution in [0.3, 0.4) is 0 Å². The smallest absolute Gasteiger partial charge is 0.338 e. The molecule has 0 N–H and O–H groups in total. The molecule has 0 bridgehead atoms. The first-order valence-corrected chi connectivity index (χ1v) is 14.2. The second-order valence-electron chi connectivity index (χ2n) is 9.83. The van der Waals surface area contributed by atoms with Crippen LogP contribution in [-0.4, -0.2) is 23.6 Å². The molecule has 4 aromatic carbocycles. The summed E-state index contributed by atoms with van der Waals surface area (Å²) in [4.78, 5) is 44.9. The van der Waals surface area contributed by atoms with Gasteiger partial charge in [-0.3, -0.25) is 9.36 Å². The van der Waals surface area contributed by atoms with Gasteiger partial charge in [0, 0.05) is 0 Å². The Kier molecular flexibility index (Phi) is 7.37. The first-order valence-electron chi connectivity index (χ1n) is 13.3. The van der Waals surface area contributed by atoms with Crippen LogP contribution in [0.25, 0.3) is 16.8 Å². The first kappa shape index (κ1) is 27.1. The number of hydrogen-bond donors (Lipinski definition) is 0. The molecule has 0 saturated heterocycles. The van der Waals surface area contributed by atoms with Gasteiger partial charge in [-0.25, -0.2) is 14.6 Å². The Labute approximate surface area is 245 Å². The fraction of sp³-hybridized carbons (Fsp3) is 0.118. The third kappa shape index (κ3) is 5.08. The Morgan fingerprint density at radius 2 is 1.62 bits per heavy atom. The van der Waals surface area contributed by atoms with Crippen molar-refractivity contribution in [3.8, 4) is 0 Å². The molecular formula is C34H26N2O5S. The summed E-state index contributed by atoms with van der Waals surface area (Å²) in [6.45, 7) is 1.83. The van der Waals surface area contributed by atoms with Crippen LogP contribution in [0.15, 0.2) is 118 Å². The summed E-state index contributed by atoms with van der Waals surface area (Å²) in [6, 6.07) is 29.2. The van der Waals surface area contributed by atoms with Crippen molar-refractivity contribution in [2.24, 2.45) is 4.99 Å². The van der Waals surface area contributed by atoms with Crippen LogP contribution >= 0.6 is 11.3 Å². The van der Waals surface area contributed by atoms with Crippen molar-refractivity contribution < 1.29 is 19.1 Å². The summed E-state index contributed by atoms with van der Waals surface area (Å²) in [5.41, 5.74) is 3.22. The monoisotopic (exact) mass is 574 g/mol. The van der Waals surface area contributed by atoms with E-state index in [-0.39, 0.29) is 17.7 Å². The molecule has 1 aliphatic heterocycles. The number of carbonyl (C=O) groups is 2. The molecule has 6 rings (SSSR count). The Bertz CT molecular complexity index is 2030. The molecule has 1 aliphatic rings. The maximum absolute atomic E-state index is 14.0. The topological polar surface area (TPSA) is 87.0 Å². The van der Waals surface area contributed by atoms with E-state index < -0.39 is 18.0 Å². The van der Waals surface area contributed by atoms with E-state index in [1.165, 1.54) is 18.4 Å². The highest BCUT2D eigenvalue weighted by molar-refractivity contribution is 7.07. The van der Waals surface area contributed by atoms with Gasteiger partial charge in [-0.1, -0.05) is 96.3 Å². The van der Waals surface area contributed by atoms with E-state index in [4.69, 9.17) is 9.47 Å². The highest BCUT2D eigenvalue weighted by atomic mass is 32.1. The predicted octanol–water partition coefficient (Wildman–Crippen LogP) is 4.92. The van der Waals surface area contributed by atoms with Gasteiger partial charge >= 0.3 is 11.9 Å². The number of carbonyl (C=O) groups excluding carboxylic acids is 2. The minimum atomic E-state index is -0.800. The zero-order chi connectivity index (χ0) is 29.2. The van der Waals surface area contributed by atoms with Crippen LogP contribution in [0, 0.1) is 0 Å². The van der Waals surface area contributed by atoms with Crippen molar-refractivity contribution in [1.29, 1.82) is 0 Å². The molecule has 0 aliphatic carbocycles. The zero-order valence-electron chi connectivity index (χ0n) is 22.9. The van der Waals surface area contributed by atoms with Crippen molar-refractivity contribution in [3.63, 3.8) is 0 Å². The second kappa shape index (κ2) is 11.4. The Morgan fingerprint density at radius 3 is 2.38 bits per heavy atom. The lowest BCUT2D eigenvalue weighted by Crippen LogP contribution is -2.39. The number of rotatable bonds is 6. The number of methoxy groups -OCH3 is 1. The number of hydrogen-bond acceptors (Lipinski definition) is 7. The number of ether oxygens (including phenoxy) is 2. The quantitative estimate of drug-likeness (QED) is 0.269. The molecule has 2 heterocycles. The molecule has 7 nitrogen and oxygen atoms in total. The van der Waals surface area contributed by atoms with Crippen molar-refractivity contribution in [1.82, 2.24) is 4.57 Å². The van der Waals surface area contributed by atoms with Crippen molar-refractivity contribution >= 4 is 40.1 Å². The van der Waals surface area contributed by atoms with Gasteiger partial charge in [-0.05, 0) is 52.6 Å². The highest BCUT2D eigenvalue weighted by Gasteiger charge is 2.33. The van der Waals surface area contributed by atoms with Crippen LogP contribution in [-0.2, 0) is 20.9 Å². The number of allylic oxidation sites excluding steroid dienone is 1. The van der Waals surface area contributed by atoms with E-state index in [2.05, 4.69) is 4.99 Å². The average Bonchev–Trinajstić information content (AvgIpc) is 3.33. The van der Waals surface area contributed by atoms with Crippen molar-refractivity contribution in [2.75, 3.05) is 7.11 Å². The van der Waals surface area contributed by atoms with Crippen LogP contribution in [0.5, 0.6) is 0 Å². The van der Waals surface area contributed by atoms with Gasteiger partial charge in [0.05, 0.1) is 34.5 Å². The van der Waals surface area contributed by atoms with Gasteiger partial charge in [-0.15, -0.1) is 0 Å². The fourth-order valence-electron chi connectivity index (χ4n) is 5.14. The molecule has 0 saturated carbocycles. The van der Waals surface area contributed by atoms with Crippen LogP contribution in [0.4, 0.5) is 0 Å².